The SMILES string of the molecule is CCCC(CC)C1(C)C=CC=CN=C1. The molecule has 0 aromatic carbocycles. The third-order valence-electron chi connectivity index (χ3n) is 3.10. The summed E-state index contributed by atoms with van der Waals surface area (Å²) in [4.78, 5) is 4.31. The molecule has 0 bridgehead atoms. The van der Waals surface area contributed by atoms with E-state index in [1.807, 2.05) is 12.3 Å². The van der Waals surface area contributed by atoms with Gasteiger partial charge in [0.2, 0.25) is 0 Å². The highest BCUT2D eigenvalue weighted by molar-refractivity contribution is 5.70. The van der Waals surface area contributed by atoms with Crippen molar-refractivity contribution in [3.05, 3.63) is 24.4 Å². The summed E-state index contributed by atoms with van der Waals surface area (Å²) >= 11 is 0. The summed E-state index contributed by atoms with van der Waals surface area (Å²) < 4.78 is 0. The molecule has 2 atom stereocenters. The Kier molecular flexibility index (Phi) is 4.12. The van der Waals surface area contributed by atoms with Crippen molar-refractivity contribution in [1.82, 2.24) is 0 Å². The van der Waals surface area contributed by atoms with Gasteiger partial charge in [-0.1, -0.05) is 45.8 Å². The molecule has 0 radical (unpaired) electrons. The van der Waals surface area contributed by atoms with Gasteiger partial charge in [0.25, 0.3) is 0 Å². The van der Waals surface area contributed by atoms with Crippen LogP contribution in [0.25, 0.3) is 0 Å². The van der Waals surface area contributed by atoms with E-state index in [0.29, 0.717) is 5.92 Å². The molecule has 0 saturated heterocycles. The van der Waals surface area contributed by atoms with E-state index >= 15 is 0 Å². The van der Waals surface area contributed by atoms with Gasteiger partial charge in [-0.2, -0.15) is 0 Å². The first-order valence-corrected chi connectivity index (χ1v) is 5.61. The fourth-order valence-electron chi connectivity index (χ4n) is 2.15. The monoisotopic (exact) mass is 191 g/mol. The smallest absolute Gasteiger partial charge is 0.0264 e. The zero-order valence-electron chi connectivity index (χ0n) is 9.53. The number of aliphatic imine (C=N–C) groups is 1. The summed E-state index contributed by atoms with van der Waals surface area (Å²) in [7, 11) is 0. The summed E-state index contributed by atoms with van der Waals surface area (Å²) in [5.41, 5.74) is 0.147. The maximum Gasteiger partial charge on any atom is 0.0264 e. The fraction of sp³-hybridized carbons (Fsp3) is 0.615. The van der Waals surface area contributed by atoms with E-state index < -0.39 is 0 Å². The number of hydrogen-bond acceptors (Lipinski definition) is 1. The highest BCUT2D eigenvalue weighted by atomic mass is 14.7. The summed E-state index contributed by atoms with van der Waals surface area (Å²) in [6, 6.07) is 0. The molecule has 1 rings (SSSR count). The van der Waals surface area contributed by atoms with Gasteiger partial charge >= 0.3 is 0 Å². The molecule has 1 aliphatic rings. The van der Waals surface area contributed by atoms with Crippen LogP contribution < -0.4 is 0 Å². The van der Waals surface area contributed by atoms with Crippen LogP contribution in [0.4, 0.5) is 0 Å². The number of hydrogen-bond donors (Lipinski definition) is 0. The van der Waals surface area contributed by atoms with Crippen LogP contribution in [0.5, 0.6) is 0 Å². The van der Waals surface area contributed by atoms with E-state index in [2.05, 4.69) is 44.1 Å². The Morgan fingerprint density at radius 3 is 2.71 bits per heavy atom. The van der Waals surface area contributed by atoms with Crippen molar-refractivity contribution in [2.24, 2.45) is 16.3 Å². The van der Waals surface area contributed by atoms with Crippen LogP contribution >= 0.6 is 0 Å². The van der Waals surface area contributed by atoms with E-state index in [0.717, 1.165) is 0 Å². The zero-order chi connectivity index (χ0) is 10.4. The first-order valence-electron chi connectivity index (χ1n) is 5.61. The Balaban J connectivity index is 2.80. The second-order valence-electron chi connectivity index (χ2n) is 4.24. The van der Waals surface area contributed by atoms with Crippen LogP contribution in [-0.2, 0) is 0 Å². The number of nitrogens with zero attached hydrogens (tertiary/aromatic N) is 1. The predicted octanol–water partition coefficient (Wildman–Crippen LogP) is 3.97. The Bertz CT molecular complexity index is 232. The van der Waals surface area contributed by atoms with Gasteiger partial charge in [0.1, 0.15) is 0 Å². The Labute approximate surface area is 87.6 Å². The van der Waals surface area contributed by atoms with Gasteiger partial charge in [-0.25, -0.2) is 0 Å². The topological polar surface area (TPSA) is 12.4 Å². The largest absolute Gasteiger partial charge is 0.268 e. The van der Waals surface area contributed by atoms with Crippen molar-refractivity contribution in [1.29, 1.82) is 0 Å². The minimum Gasteiger partial charge on any atom is -0.268 e. The highest BCUT2D eigenvalue weighted by Gasteiger charge is 2.28. The molecule has 0 fully saturated rings. The standard InChI is InChI=1S/C13H21N/c1-4-8-12(5-2)13(3)9-6-7-10-14-11-13/h6-7,9-12H,4-5,8H2,1-3H3. The molecule has 14 heavy (non-hydrogen) atoms. The first-order chi connectivity index (χ1) is 6.73. The first kappa shape index (κ1) is 11.2. The summed E-state index contributed by atoms with van der Waals surface area (Å²) in [6.07, 6.45) is 14.1. The molecule has 1 aliphatic heterocycles. The molecule has 0 N–H and O–H groups in total. The fourth-order valence-corrected chi connectivity index (χ4v) is 2.15. The third kappa shape index (κ3) is 2.57. The van der Waals surface area contributed by atoms with Crippen LogP contribution in [0.15, 0.2) is 29.4 Å². The van der Waals surface area contributed by atoms with Crippen molar-refractivity contribution in [2.75, 3.05) is 0 Å². The van der Waals surface area contributed by atoms with E-state index in [1.54, 1.807) is 0 Å². The minimum atomic E-state index is 0.147. The summed E-state index contributed by atoms with van der Waals surface area (Å²) in [5, 5.41) is 0. The van der Waals surface area contributed by atoms with Gasteiger partial charge in [-0.3, -0.25) is 4.99 Å². The highest BCUT2D eigenvalue weighted by Crippen LogP contribution is 2.34. The van der Waals surface area contributed by atoms with Crippen molar-refractivity contribution < 1.29 is 0 Å². The molecule has 1 heterocycles. The molecule has 1 heteroatoms. The van der Waals surface area contributed by atoms with Crippen LogP contribution in [-0.4, -0.2) is 6.21 Å². The maximum absolute atomic E-state index is 4.31. The van der Waals surface area contributed by atoms with E-state index in [9.17, 15) is 0 Å². The lowest BCUT2D eigenvalue weighted by Gasteiger charge is -2.30. The second kappa shape index (κ2) is 5.14. The lowest BCUT2D eigenvalue weighted by atomic mass is 9.74. The van der Waals surface area contributed by atoms with E-state index in [1.165, 1.54) is 19.3 Å². The summed E-state index contributed by atoms with van der Waals surface area (Å²) in [5.74, 6) is 0.715. The van der Waals surface area contributed by atoms with E-state index in [-0.39, 0.29) is 5.41 Å². The molecular weight excluding hydrogens is 170 g/mol. The van der Waals surface area contributed by atoms with Gasteiger partial charge in [-0.15, -0.1) is 0 Å². The van der Waals surface area contributed by atoms with Crippen LogP contribution in [0.2, 0.25) is 0 Å². The van der Waals surface area contributed by atoms with Crippen molar-refractivity contribution in [3.8, 4) is 0 Å². The Morgan fingerprint density at radius 1 is 1.29 bits per heavy atom. The van der Waals surface area contributed by atoms with Gasteiger partial charge in [0.15, 0.2) is 0 Å². The quantitative estimate of drug-likeness (QED) is 0.637. The molecule has 2 unspecified atom stereocenters. The molecule has 0 saturated carbocycles. The van der Waals surface area contributed by atoms with Gasteiger partial charge < -0.3 is 0 Å². The van der Waals surface area contributed by atoms with Crippen LogP contribution in [0.1, 0.15) is 40.0 Å². The molecule has 0 amide bonds. The minimum absolute atomic E-state index is 0.147. The normalized spacial score (nSPS) is 27.6. The average Bonchev–Trinajstić information content (AvgIpc) is 2.40. The van der Waals surface area contributed by atoms with Gasteiger partial charge in [0, 0.05) is 17.8 Å². The van der Waals surface area contributed by atoms with Gasteiger partial charge in [0.05, 0.1) is 0 Å². The van der Waals surface area contributed by atoms with Crippen molar-refractivity contribution >= 4 is 6.21 Å². The summed E-state index contributed by atoms with van der Waals surface area (Å²) in [6.45, 7) is 6.80. The van der Waals surface area contributed by atoms with Crippen LogP contribution in [0, 0.1) is 11.3 Å². The Morgan fingerprint density at radius 2 is 2.07 bits per heavy atom. The lowest BCUT2D eigenvalue weighted by molar-refractivity contribution is 0.321. The predicted molar refractivity (Wildman–Crippen MR) is 63.6 cm³/mol. The van der Waals surface area contributed by atoms with Gasteiger partial charge in [-0.05, 0) is 18.4 Å². The molecule has 0 aromatic heterocycles. The second-order valence-corrected chi connectivity index (χ2v) is 4.24. The molecule has 0 aliphatic carbocycles. The molecule has 0 aromatic rings. The number of allylic oxidation sites excluding steroid dienone is 3. The lowest BCUT2D eigenvalue weighted by Crippen LogP contribution is -2.26. The zero-order valence-corrected chi connectivity index (χ0v) is 9.53. The van der Waals surface area contributed by atoms with Crippen LogP contribution in [0.3, 0.4) is 0 Å². The Hall–Kier alpha value is -0.850. The molecule has 78 valence electrons. The maximum atomic E-state index is 4.31. The third-order valence-corrected chi connectivity index (χ3v) is 3.10. The molecule has 0 spiro atoms. The molecular formula is C13H21N. The number of rotatable bonds is 4. The van der Waals surface area contributed by atoms with Crippen molar-refractivity contribution in [3.63, 3.8) is 0 Å². The van der Waals surface area contributed by atoms with Crippen molar-refractivity contribution in [2.45, 2.75) is 40.0 Å². The average molecular weight is 191 g/mol. The molecule has 1 nitrogen and oxygen atoms in total. The van der Waals surface area contributed by atoms with E-state index in [4.69, 9.17) is 0 Å².